The summed E-state index contributed by atoms with van der Waals surface area (Å²) >= 11 is 0. The van der Waals surface area contributed by atoms with Crippen LogP contribution in [0.4, 0.5) is 4.39 Å². The molecule has 3 N–H and O–H groups in total. The van der Waals surface area contributed by atoms with E-state index in [9.17, 15) is 9.18 Å². The molecule has 0 bridgehead atoms. The van der Waals surface area contributed by atoms with Gasteiger partial charge in [0.2, 0.25) is 5.91 Å². The first-order valence-electron chi connectivity index (χ1n) is 4.36. The highest BCUT2D eigenvalue weighted by molar-refractivity contribution is 5.83. The average molecular weight is 196 g/mol. The highest BCUT2D eigenvalue weighted by Gasteiger charge is 2.17. The van der Waals surface area contributed by atoms with Crippen molar-refractivity contribution in [2.45, 2.75) is 5.92 Å². The summed E-state index contributed by atoms with van der Waals surface area (Å²) in [7, 11) is 1.53. The highest BCUT2D eigenvalue weighted by atomic mass is 19.1. The summed E-state index contributed by atoms with van der Waals surface area (Å²) in [5, 5.41) is 2.49. The fourth-order valence-electron chi connectivity index (χ4n) is 1.29. The molecule has 4 heteroatoms. The van der Waals surface area contributed by atoms with Crippen molar-refractivity contribution in [3.05, 3.63) is 35.6 Å². The number of nitrogens with one attached hydrogen (secondary N) is 1. The molecule has 1 unspecified atom stereocenters. The molecule has 3 nitrogen and oxygen atoms in total. The van der Waals surface area contributed by atoms with Gasteiger partial charge < -0.3 is 11.1 Å². The van der Waals surface area contributed by atoms with E-state index in [1.807, 2.05) is 0 Å². The lowest BCUT2D eigenvalue weighted by Crippen LogP contribution is -2.30. The van der Waals surface area contributed by atoms with Crippen molar-refractivity contribution in [3.63, 3.8) is 0 Å². The van der Waals surface area contributed by atoms with Gasteiger partial charge in [0.05, 0.1) is 5.92 Å². The van der Waals surface area contributed by atoms with E-state index in [4.69, 9.17) is 5.73 Å². The van der Waals surface area contributed by atoms with Gasteiger partial charge in [0.15, 0.2) is 0 Å². The van der Waals surface area contributed by atoms with E-state index in [1.54, 1.807) is 12.1 Å². The fourth-order valence-corrected chi connectivity index (χ4v) is 1.29. The second-order valence-corrected chi connectivity index (χ2v) is 2.96. The molecule has 0 saturated heterocycles. The Bertz CT molecular complexity index is 328. The Hall–Kier alpha value is -1.42. The van der Waals surface area contributed by atoms with Crippen LogP contribution in [0.5, 0.6) is 0 Å². The van der Waals surface area contributed by atoms with Gasteiger partial charge >= 0.3 is 0 Å². The third-order valence-electron chi connectivity index (χ3n) is 2.05. The van der Waals surface area contributed by atoms with Gasteiger partial charge in [0, 0.05) is 13.6 Å². The predicted octanol–water partition coefficient (Wildman–Crippen LogP) is 0.614. The summed E-state index contributed by atoms with van der Waals surface area (Å²) in [6.45, 7) is 0.170. The maximum absolute atomic E-state index is 12.9. The number of halogens is 1. The van der Waals surface area contributed by atoms with Gasteiger partial charge in [-0.05, 0) is 17.7 Å². The van der Waals surface area contributed by atoms with Crippen LogP contribution >= 0.6 is 0 Å². The van der Waals surface area contributed by atoms with E-state index >= 15 is 0 Å². The largest absolute Gasteiger partial charge is 0.359 e. The topological polar surface area (TPSA) is 55.1 Å². The van der Waals surface area contributed by atoms with Crippen LogP contribution in [0.1, 0.15) is 11.5 Å². The van der Waals surface area contributed by atoms with E-state index in [-0.39, 0.29) is 18.3 Å². The van der Waals surface area contributed by atoms with Crippen LogP contribution in [-0.4, -0.2) is 19.5 Å². The van der Waals surface area contributed by atoms with Crippen molar-refractivity contribution in [3.8, 4) is 0 Å². The third-order valence-corrected chi connectivity index (χ3v) is 2.05. The lowest BCUT2D eigenvalue weighted by atomic mass is 9.98. The normalized spacial score (nSPS) is 12.2. The Morgan fingerprint density at radius 3 is 2.86 bits per heavy atom. The van der Waals surface area contributed by atoms with Gasteiger partial charge in [-0.25, -0.2) is 4.39 Å². The number of nitrogens with two attached hydrogens (primary N) is 1. The first-order chi connectivity index (χ1) is 6.69. The smallest absolute Gasteiger partial charge is 0.228 e. The van der Waals surface area contributed by atoms with Crippen molar-refractivity contribution in [2.24, 2.45) is 5.73 Å². The van der Waals surface area contributed by atoms with Crippen LogP contribution in [0.3, 0.4) is 0 Å². The summed E-state index contributed by atoms with van der Waals surface area (Å²) < 4.78 is 12.9. The Morgan fingerprint density at radius 1 is 1.64 bits per heavy atom. The quantitative estimate of drug-likeness (QED) is 0.744. The zero-order valence-electron chi connectivity index (χ0n) is 7.96. The number of carbonyl (C=O) groups is 1. The molecule has 1 atom stereocenters. The number of likely N-dealkylation sites (N-methyl/N-ethyl adjacent to an activating group) is 1. The molecule has 1 rings (SSSR count). The molecule has 1 aromatic rings. The summed E-state index contributed by atoms with van der Waals surface area (Å²) in [6.07, 6.45) is 0. The standard InChI is InChI=1S/C10H13FN2O/c1-13-10(14)9(6-12)7-3-2-4-8(11)5-7/h2-5,9H,6,12H2,1H3,(H,13,14). The van der Waals surface area contributed by atoms with Crippen LogP contribution in [0.25, 0.3) is 0 Å². The summed E-state index contributed by atoms with van der Waals surface area (Å²) in [5.41, 5.74) is 6.05. The molecule has 0 aliphatic rings. The van der Waals surface area contributed by atoms with E-state index in [1.165, 1.54) is 19.2 Å². The fraction of sp³-hybridized carbons (Fsp3) is 0.300. The van der Waals surface area contributed by atoms with Crippen LogP contribution in [-0.2, 0) is 4.79 Å². The molecule has 0 fully saturated rings. The van der Waals surface area contributed by atoms with Crippen molar-refractivity contribution in [1.82, 2.24) is 5.32 Å². The first kappa shape index (κ1) is 10.7. The second-order valence-electron chi connectivity index (χ2n) is 2.96. The Kier molecular flexibility index (Phi) is 3.59. The van der Waals surface area contributed by atoms with Crippen LogP contribution in [0, 0.1) is 5.82 Å². The monoisotopic (exact) mass is 196 g/mol. The van der Waals surface area contributed by atoms with Crippen molar-refractivity contribution in [1.29, 1.82) is 0 Å². The van der Waals surface area contributed by atoms with Crippen LogP contribution in [0.15, 0.2) is 24.3 Å². The zero-order valence-corrected chi connectivity index (χ0v) is 7.96. The van der Waals surface area contributed by atoms with Crippen LogP contribution in [0.2, 0.25) is 0 Å². The molecule has 14 heavy (non-hydrogen) atoms. The number of amides is 1. The minimum atomic E-state index is -0.476. The summed E-state index contributed by atoms with van der Waals surface area (Å²) in [4.78, 5) is 11.3. The summed E-state index contributed by atoms with van der Waals surface area (Å²) in [5.74, 6) is -1.03. The molecule has 0 heterocycles. The minimum absolute atomic E-state index is 0.170. The minimum Gasteiger partial charge on any atom is -0.359 e. The molecule has 0 aliphatic carbocycles. The van der Waals surface area contributed by atoms with E-state index in [0.717, 1.165) is 0 Å². The molecule has 0 radical (unpaired) electrons. The van der Waals surface area contributed by atoms with Crippen molar-refractivity contribution < 1.29 is 9.18 Å². The third kappa shape index (κ3) is 2.29. The number of hydrogen-bond acceptors (Lipinski definition) is 2. The van der Waals surface area contributed by atoms with Gasteiger partial charge in [-0.15, -0.1) is 0 Å². The van der Waals surface area contributed by atoms with Gasteiger partial charge in [-0.2, -0.15) is 0 Å². The average Bonchev–Trinajstić information content (AvgIpc) is 2.19. The maximum Gasteiger partial charge on any atom is 0.228 e. The number of benzene rings is 1. The highest BCUT2D eigenvalue weighted by Crippen LogP contribution is 2.15. The van der Waals surface area contributed by atoms with Crippen molar-refractivity contribution >= 4 is 5.91 Å². The van der Waals surface area contributed by atoms with Gasteiger partial charge in [0.25, 0.3) is 0 Å². The van der Waals surface area contributed by atoms with Gasteiger partial charge in [-0.3, -0.25) is 4.79 Å². The predicted molar refractivity (Wildman–Crippen MR) is 52.3 cm³/mol. The molecule has 0 aromatic heterocycles. The van der Waals surface area contributed by atoms with E-state index in [2.05, 4.69) is 5.32 Å². The number of carbonyl (C=O) groups excluding carboxylic acids is 1. The Balaban J connectivity index is 2.94. The van der Waals surface area contributed by atoms with E-state index < -0.39 is 5.92 Å². The first-order valence-corrected chi connectivity index (χ1v) is 4.36. The molecule has 0 spiro atoms. The lowest BCUT2D eigenvalue weighted by molar-refractivity contribution is -0.121. The van der Waals surface area contributed by atoms with Gasteiger partial charge in [0.1, 0.15) is 5.82 Å². The molecule has 1 amide bonds. The molecule has 0 saturated carbocycles. The van der Waals surface area contributed by atoms with Crippen LogP contribution < -0.4 is 11.1 Å². The molecular formula is C10H13FN2O. The molecular weight excluding hydrogens is 183 g/mol. The zero-order chi connectivity index (χ0) is 10.6. The molecule has 76 valence electrons. The SMILES string of the molecule is CNC(=O)C(CN)c1cccc(F)c1. The molecule has 1 aromatic carbocycles. The summed E-state index contributed by atoms with van der Waals surface area (Å²) in [6, 6.07) is 5.92. The number of rotatable bonds is 3. The van der Waals surface area contributed by atoms with Crippen molar-refractivity contribution in [2.75, 3.05) is 13.6 Å². The Labute approximate surface area is 82.1 Å². The maximum atomic E-state index is 12.9. The lowest BCUT2D eigenvalue weighted by Gasteiger charge is -2.13. The van der Waals surface area contributed by atoms with Gasteiger partial charge in [-0.1, -0.05) is 12.1 Å². The molecule has 0 aliphatic heterocycles. The van der Waals surface area contributed by atoms with E-state index in [0.29, 0.717) is 5.56 Å². The second kappa shape index (κ2) is 4.72. The number of hydrogen-bond donors (Lipinski definition) is 2. The Morgan fingerprint density at radius 2 is 2.36 bits per heavy atom.